The fourth-order valence-electron chi connectivity index (χ4n) is 5.41. The quantitative estimate of drug-likeness (QED) is 0.0305. The van der Waals surface area contributed by atoms with Crippen LogP contribution in [0.2, 0.25) is 36.3 Å². The molecule has 4 atom stereocenters. The normalized spacial score (nSPS) is 19.8. The van der Waals surface area contributed by atoms with E-state index in [-0.39, 0.29) is 40.8 Å². The number of hydrogen-bond acceptors (Lipinski definition) is 7. The smallest absolute Gasteiger partial charge is 0.469 e. The average molecular weight is 757 g/mol. The summed E-state index contributed by atoms with van der Waals surface area (Å²) < 4.78 is 89.0. The van der Waals surface area contributed by atoms with E-state index in [1.54, 1.807) is 0 Å². The minimum atomic E-state index is -5.88. The largest absolute Gasteiger partial charge is 0.534 e. The molecule has 0 amide bonds. The van der Waals surface area contributed by atoms with Crippen LogP contribution in [-0.2, 0) is 32.7 Å². The second-order valence-corrected chi connectivity index (χ2v) is 27.9. The van der Waals surface area contributed by atoms with Crippen LogP contribution in [0.25, 0.3) is 0 Å². The second kappa shape index (κ2) is 18.6. The Morgan fingerprint density at radius 1 is 0.939 bits per heavy atom. The van der Waals surface area contributed by atoms with Crippen molar-refractivity contribution in [2.75, 3.05) is 7.11 Å². The standard InChI is InChI=1S/C36H67F3O7SSi2/c1-14-15-20-27(2)25-28(45-48(10,11)34(3,4)5)23-24-30-29(21-18-16-17-19-22-33(40)43-9)31(44-47(41,42)36(37,38)39)26-32(30)46-49(12,13)35(6,7)8/h23-24,27-28,30,32H,14-22,25-26H2,1-13H3/t27-,28-,30-,32-/m1/s1. The summed E-state index contributed by atoms with van der Waals surface area (Å²) in [5.74, 6) is -0.554. The van der Waals surface area contributed by atoms with Crippen molar-refractivity contribution >= 4 is 32.7 Å². The van der Waals surface area contributed by atoms with Crippen molar-refractivity contribution < 1.29 is 44.2 Å². The van der Waals surface area contributed by atoms with Gasteiger partial charge in [0.1, 0.15) is 5.76 Å². The molecular weight excluding hydrogens is 690 g/mol. The Bertz CT molecular complexity index is 1220. The summed E-state index contributed by atoms with van der Waals surface area (Å²) in [6.07, 6.45) is 10.5. The summed E-state index contributed by atoms with van der Waals surface area (Å²) in [7, 11) is -9.18. The third kappa shape index (κ3) is 14.4. The molecule has 0 heterocycles. The highest BCUT2D eigenvalue weighted by atomic mass is 32.2. The fraction of sp³-hybridized carbons (Fsp3) is 0.861. The van der Waals surface area contributed by atoms with Gasteiger partial charge in [-0.1, -0.05) is 99.6 Å². The van der Waals surface area contributed by atoms with Gasteiger partial charge in [-0.15, -0.1) is 0 Å². The molecule has 0 saturated carbocycles. The number of hydrogen-bond donors (Lipinski definition) is 0. The zero-order chi connectivity index (χ0) is 38.1. The minimum Gasteiger partial charge on any atom is -0.469 e. The lowest BCUT2D eigenvalue weighted by atomic mass is 9.92. The number of carbonyl (C=O) groups excluding carboxylic acids is 1. The third-order valence-corrected chi connectivity index (χ3v) is 20.6. The molecule has 0 saturated heterocycles. The lowest BCUT2D eigenvalue weighted by molar-refractivity contribution is -0.140. The number of methoxy groups -OCH3 is 1. The summed E-state index contributed by atoms with van der Waals surface area (Å²) in [5, 5.41) is -0.218. The molecule has 0 aromatic carbocycles. The first-order valence-electron chi connectivity index (χ1n) is 18.0. The van der Waals surface area contributed by atoms with Gasteiger partial charge >= 0.3 is 21.6 Å². The van der Waals surface area contributed by atoms with Crippen LogP contribution < -0.4 is 0 Å². The van der Waals surface area contributed by atoms with Gasteiger partial charge in [-0.2, -0.15) is 21.6 Å². The van der Waals surface area contributed by atoms with E-state index in [4.69, 9.17) is 17.8 Å². The van der Waals surface area contributed by atoms with Crippen molar-refractivity contribution in [3.05, 3.63) is 23.5 Å². The molecule has 7 nitrogen and oxygen atoms in total. The van der Waals surface area contributed by atoms with Crippen molar-refractivity contribution in [3.63, 3.8) is 0 Å². The number of alkyl halides is 3. The maximum atomic E-state index is 13.6. The van der Waals surface area contributed by atoms with Gasteiger partial charge in [0.05, 0.1) is 19.3 Å². The molecule has 288 valence electrons. The summed E-state index contributed by atoms with van der Waals surface area (Å²) in [6.45, 7) is 25.8. The molecule has 1 aliphatic rings. The molecule has 1 aliphatic carbocycles. The summed E-state index contributed by atoms with van der Waals surface area (Å²) in [4.78, 5) is 11.5. The number of ether oxygens (including phenoxy) is 1. The Morgan fingerprint density at radius 2 is 1.51 bits per heavy atom. The van der Waals surface area contributed by atoms with Crippen molar-refractivity contribution in [1.82, 2.24) is 0 Å². The molecule has 0 unspecified atom stereocenters. The van der Waals surface area contributed by atoms with Crippen LogP contribution in [0.3, 0.4) is 0 Å². The van der Waals surface area contributed by atoms with E-state index < -0.39 is 44.3 Å². The first kappa shape index (κ1) is 45.9. The molecule has 0 N–H and O–H groups in total. The van der Waals surface area contributed by atoms with E-state index in [1.165, 1.54) is 7.11 Å². The summed E-state index contributed by atoms with van der Waals surface area (Å²) in [6, 6.07) is 0. The molecular formula is C36H67F3O7SSi2. The fourth-order valence-corrected chi connectivity index (χ4v) is 8.57. The number of unbranched alkanes of at least 4 members (excludes halogenated alkanes) is 4. The molecule has 49 heavy (non-hydrogen) atoms. The van der Waals surface area contributed by atoms with Gasteiger partial charge in [-0.05, 0) is 73.4 Å². The maximum Gasteiger partial charge on any atom is 0.534 e. The zero-order valence-electron chi connectivity index (χ0n) is 32.6. The van der Waals surface area contributed by atoms with Crippen LogP contribution >= 0.6 is 0 Å². The highest BCUT2D eigenvalue weighted by Crippen LogP contribution is 2.46. The Hall–Kier alpha value is -1.16. The Kier molecular flexibility index (Phi) is 17.4. The van der Waals surface area contributed by atoms with Crippen LogP contribution in [0.4, 0.5) is 13.2 Å². The van der Waals surface area contributed by atoms with E-state index >= 15 is 0 Å². The van der Waals surface area contributed by atoms with Gasteiger partial charge in [0.25, 0.3) is 0 Å². The van der Waals surface area contributed by atoms with Crippen LogP contribution in [0.5, 0.6) is 0 Å². The predicted octanol–water partition coefficient (Wildman–Crippen LogP) is 11.2. The highest BCUT2D eigenvalue weighted by molar-refractivity contribution is 7.87. The van der Waals surface area contributed by atoms with Crippen LogP contribution in [0.1, 0.15) is 126 Å². The molecule has 0 spiro atoms. The average Bonchev–Trinajstić information content (AvgIpc) is 3.23. The van der Waals surface area contributed by atoms with Gasteiger partial charge in [0.15, 0.2) is 16.6 Å². The zero-order valence-corrected chi connectivity index (χ0v) is 35.5. The number of esters is 1. The first-order valence-corrected chi connectivity index (χ1v) is 25.2. The van der Waals surface area contributed by atoms with E-state index in [0.717, 1.165) is 32.1 Å². The van der Waals surface area contributed by atoms with E-state index in [2.05, 4.69) is 81.6 Å². The molecule has 0 radical (unpaired) electrons. The lowest BCUT2D eigenvalue weighted by Gasteiger charge is -2.40. The maximum absolute atomic E-state index is 13.6. The van der Waals surface area contributed by atoms with Gasteiger partial charge in [-0.3, -0.25) is 4.79 Å². The molecule has 0 bridgehead atoms. The summed E-state index contributed by atoms with van der Waals surface area (Å²) in [5.41, 5.74) is -5.04. The molecule has 0 aromatic heterocycles. The minimum absolute atomic E-state index is 0.0288. The molecule has 13 heteroatoms. The van der Waals surface area contributed by atoms with Crippen molar-refractivity contribution in [3.8, 4) is 0 Å². The third-order valence-electron chi connectivity index (χ3n) is 10.6. The van der Waals surface area contributed by atoms with Crippen LogP contribution in [0, 0.1) is 11.8 Å². The van der Waals surface area contributed by atoms with Gasteiger partial charge in [0.2, 0.25) is 0 Å². The second-order valence-electron chi connectivity index (χ2n) is 16.9. The summed E-state index contributed by atoms with van der Waals surface area (Å²) >= 11 is 0. The first-order chi connectivity index (χ1) is 22.2. The van der Waals surface area contributed by atoms with E-state index in [9.17, 15) is 26.4 Å². The molecule has 0 fully saturated rings. The number of carbonyl (C=O) groups is 1. The highest BCUT2D eigenvalue weighted by Gasteiger charge is 2.51. The monoisotopic (exact) mass is 756 g/mol. The SMILES string of the molecule is CCCC[C@@H](C)C[C@@H](C=C[C@@H]1C(CCCCCCC(=O)OC)=C(OS(=O)(=O)C(F)(F)F)C[C@H]1O[Si](C)(C)C(C)(C)C)O[Si](C)(C)C(C)(C)C. The Labute approximate surface area is 298 Å². The van der Waals surface area contributed by atoms with E-state index in [1.807, 2.05) is 12.2 Å². The number of halogens is 3. The van der Waals surface area contributed by atoms with Crippen LogP contribution in [0.15, 0.2) is 23.5 Å². The van der Waals surface area contributed by atoms with Gasteiger partial charge in [0, 0.05) is 18.8 Å². The topological polar surface area (TPSA) is 88.1 Å². The Balaban J connectivity index is 3.68. The molecule has 1 rings (SSSR count). The molecule has 0 aromatic rings. The van der Waals surface area contributed by atoms with Crippen molar-refractivity contribution in [2.45, 2.75) is 180 Å². The number of rotatable bonds is 20. The van der Waals surface area contributed by atoms with Gasteiger partial charge < -0.3 is 17.8 Å². The lowest BCUT2D eigenvalue weighted by Crippen LogP contribution is -2.45. The molecule has 0 aliphatic heterocycles. The van der Waals surface area contributed by atoms with Crippen molar-refractivity contribution in [2.24, 2.45) is 11.8 Å². The Morgan fingerprint density at radius 3 is 2.02 bits per heavy atom. The van der Waals surface area contributed by atoms with Crippen molar-refractivity contribution in [1.29, 1.82) is 0 Å². The van der Waals surface area contributed by atoms with Crippen LogP contribution in [-0.4, -0.2) is 55.8 Å². The van der Waals surface area contributed by atoms with E-state index in [0.29, 0.717) is 37.2 Å². The van der Waals surface area contributed by atoms with Gasteiger partial charge in [-0.25, -0.2) is 0 Å². The predicted molar refractivity (Wildman–Crippen MR) is 197 cm³/mol.